The highest BCUT2D eigenvalue weighted by atomic mass is 35.5. The first-order valence-electron chi connectivity index (χ1n) is 15.0. The van der Waals surface area contributed by atoms with Crippen LogP contribution in [-0.4, -0.2) is 82.5 Å². The van der Waals surface area contributed by atoms with Gasteiger partial charge in [0.2, 0.25) is 15.9 Å². The molecule has 1 unspecified atom stereocenters. The van der Waals surface area contributed by atoms with Crippen molar-refractivity contribution < 1.29 is 31.9 Å². The summed E-state index contributed by atoms with van der Waals surface area (Å²) in [5, 5.41) is 9.44. The summed E-state index contributed by atoms with van der Waals surface area (Å²) in [6, 6.07) is 9.96. The second-order valence-corrected chi connectivity index (χ2v) is 13.7. The molecule has 2 amide bonds. The second kappa shape index (κ2) is 15.5. The smallest absolute Gasteiger partial charge is 0.407 e. The average Bonchev–Trinajstić information content (AvgIpc) is 3.01. The number of piperazine rings is 1. The Kier molecular flexibility index (Phi) is 12.0. The number of anilines is 1. The maximum atomic E-state index is 15.3. The summed E-state index contributed by atoms with van der Waals surface area (Å²) in [7, 11) is -2.27. The molecule has 242 valence electrons. The summed E-state index contributed by atoms with van der Waals surface area (Å²) >= 11 is 6.16. The van der Waals surface area contributed by atoms with E-state index in [2.05, 4.69) is 16.0 Å². The lowest BCUT2D eigenvalue weighted by atomic mass is 9.76. The monoisotopic (exact) mass is 652 g/mol. The van der Waals surface area contributed by atoms with Crippen molar-refractivity contribution in [2.45, 2.75) is 63.1 Å². The van der Waals surface area contributed by atoms with Gasteiger partial charge in [-0.3, -0.25) is 4.79 Å². The van der Waals surface area contributed by atoms with Gasteiger partial charge in [-0.05, 0) is 67.9 Å². The number of amides is 2. The molecule has 13 heteroatoms. The standard InChI is InChI=1S/C31H42ClFN4O6S/c1-4-23-18-34-19-24(37(23)44(3,40)41)12-13-25-26(33)6-5-7-27(25)35-30(38)29(36-31(39)42-2)28(21-14-16-43-17-15-21)20-8-10-22(32)11-9-20/h5-11,21,23-24,28-29,34H,4,12-19H2,1-3H3,(H,35,38)(H,36,39)/t23-,24?,28-,29-/m0/s1. The van der Waals surface area contributed by atoms with Crippen molar-refractivity contribution in [3.63, 3.8) is 0 Å². The minimum absolute atomic E-state index is 0.00268. The Morgan fingerprint density at radius 2 is 1.82 bits per heavy atom. The molecule has 0 aliphatic carbocycles. The summed E-state index contributed by atoms with van der Waals surface area (Å²) < 4.78 is 52.7. The van der Waals surface area contributed by atoms with Gasteiger partial charge in [0.25, 0.3) is 0 Å². The van der Waals surface area contributed by atoms with Crippen LogP contribution in [0.5, 0.6) is 0 Å². The van der Waals surface area contributed by atoms with Crippen molar-refractivity contribution in [3.05, 3.63) is 64.4 Å². The largest absolute Gasteiger partial charge is 0.453 e. The van der Waals surface area contributed by atoms with Crippen LogP contribution in [0, 0.1) is 11.7 Å². The third-order valence-corrected chi connectivity index (χ3v) is 10.2. The Labute approximate surface area is 264 Å². The van der Waals surface area contributed by atoms with E-state index in [1.165, 1.54) is 29.8 Å². The predicted molar refractivity (Wildman–Crippen MR) is 168 cm³/mol. The zero-order valence-corrected chi connectivity index (χ0v) is 26.9. The normalized spacial score (nSPS) is 21.3. The van der Waals surface area contributed by atoms with Gasteiger partial charge < -0.3 is 25.4 Å². The number of methoxy groups -OCH3 is 1. The van der Waals surface area contributed by atoms with E-state index >= 15 is 4.39 Å². The topological polar surface area (TPSA) is 126 Å². The third kappa shape index (κ3) is 8.48. The molecule has 0 bridgehead atoms. The Bertz CT molecular complexity index is 1390. The van der Waals surface area contributed by atoms with Gasteiger partial charge in [-0.25, -0.2) is 17.6 Å². The molecule has 2 fully saturated rings. The van der Waals surface area contributed by atoms with Crippen molar-refractivity contribution in [2.24, 2.45) is 5.92 Å². The minimum Gasteiger partial charge on any atom is -0.453 e. The first kappa shape index (κ1) is 34.1. The fourth-order valence-corrected chi connectivity index (χ4v) is 8.05. The van der Waals surface area contributed by atoms with Gasteiger partial charge in [0.15, 0.2) is 0 Å². The predicted octanol–water partition coefficient (Wildman–Crippen LogP) is 4.30. The highest BCUT2D eigenvalue weighted by Gasteiger charge is 2.39. The van der Waals surface area contributed by atoms with E-state index < -0.39 is 39.8 Å². The first-order chi connectivity index (χ1) is 21.0. The van der Waals surface area contributed by atoms with Crippen LogP contribution < -0.4 is 16.0 Å². The third-order valence-electron chi connectivity index (χ3n) is 8.57. The first-order valence-corrected chi connectivity index (χ1v) is 17.2. The van der Waals surface area contributed by atoms with Gasteiger partial charge in [-0.1, -0.05) is 36.7 Å². The summed E-state index contributed by atoms with van der Waals surface area (Å²) in [5.41, 5.74) is 1.34. The summed E-state index contributed by atoms with van der Waals surface area (Å²) in [5.74, 6) is -1.50. The highest BCUT2D eigenvalue weighted by molar-refractivity contribution is 7.88. The molecule has 44 heavy (non-hydrogen) atoms. The molecule has 0 radical (unpaired) electrons. The van der Waals surface area contributed by atoms with Gasteiger partial charge in [0.1, 0.15) is 11.9 Å². The maximum absolute atomic E-state index is 15.3. The average molecular weight is 653 g/mol. The molecule has 0 spiro atoms. The molecule has 2 aliphatic rings. The molecule has 4 rings (SSSR count). The second-order valence-electron chi connectivity index (χ2n) is 11.4. The molecular weight excluding hydrogens is 611 g/mol. The van der Waals surface area contributed by atoms with E-state index in [0.717, 1.165) is 5.56 Å². The Morgan fingerprint density at radius 1 is 1.14 bits per heavy atom. The Balaban J connectivity index is 1.63. The number of hydrogen-bond acceptors (Lipinski definition) is 7. The molecule has 0 saturated carbocycles. The van der Waals surface area contributed by atoms with Crippen LogP contribution in [0.2, 0.25) is 5.02 Å². The van der Waals surface area contributed by atoms with Crippen LogP contribution in [0.3, 0.4) is 0 Å². The Morgan fingerprint density at radius 3 is 2.45 bits per heavy atom. The van der Waals surface area contributed by atoms with Crippen molar-refractivity contribution in [2.75, 3.05) is 45.0 Å². The lowest BCUT2D eigenvalue weighted by Crippen LogP contribution is -2.58. The van der Waals surface area contributed by atoms with E-state index in [-0.39, 0.29) is 35.7 Å². The highest BCUT2D eigenvalue weighted by Crippen LogP contribution is 2.36. The lowest BCUT2D eigenvalue weighted by Gasteiger charge is -2.40. The van der Waals surface area contributed by atoms with Crippen molar-refractivity contribution in [1.29, 1.82) is 0 Å². The molecular formula is C31H42ClFN4O6S. The lowest BCUT2D eigenvalue weighted by molar-refractivity contribution is -0.119. The molecule has 2 aliphatic heterocycles. The van der Waals surface area contributed by atoms with Crippen LogP contribution in [0.15, 0.2) is 42.5 Å². The Hall–Kier alpha value is -2.77. The van der Waals surface area contributed by atoms with E-state index in [9.17, 15) is 18.0 Å². The van der Waals surface area contributed by atoms with Gasteiger partial charge >= 0.3 is 6.09 Å². The zero-order chi connectivity index (χ0) is 31.9. The van der Waals surface area contributed by atoms with Crippen LogP contribution in [0.4, 0.5) is 14.9 Å². The number of carbonyl (C=O) groups excluding carboxylic acids is 2. The summed E-state index contributed by atoms with van der Waals surface area (Å²) in [4.78, 5) is 26.6. The van der Waals surface area contributed by atoms with E-state index in [1.807, 2.05) is 19.1 Å². The summed E-state index contributed by atoms with van der Waals surface area (Å²) in [6.07, 6.45) is 2.96. The maximum Gasteiger partial charge on any atom is 0.407 e. The number of sulfonamides is 1. The summed E-state index contributed by atoms with van der Waals surface area (Å²) in [6.45, 7) is 3.98. The van der Waals surface area contributed by atoms with E-state index in [1.54, 1.807) is 18.2 Å². The number of nitrogens with zero attached hydrogens (tertiary/aromatic N) is 1. The minimum atomic E-state index is -3.49. The number of rotatable bonds is 11. The van der Waals surface area contributed by atoms with Gasteiger partial charge in [-0.2, -0.15) is 4.31 Å². The number of hydrogen-bond donors (Lipinski definition) is 3. The molecule has 4 atom stereocenters. The molecule has 2 aromatic carbocycles. The van der Waals surface area contributed by atoms with Crippen molar-refractivity contribution >= 4 is 39.3 Å². The molecule has 2 saturated heterocycles. The van der Waals surface area contributed by atoms with Crippen molar-refractivity contribution in [1.82, 2.24) is 14.9 Å². The molecule has 0 aromatic heterocycles. The number of halogens is 2. The van der Waals surface area contributed by atoms with Crippen LogP contribution >= 0.6 is 11.6 Å². The number of alkyl carbamates (subject to hydrolysis) is 1. The number of nitrogens with one attached hydrogen (secondary N) is 3. The SMILES string of the molecule is CC[C@H]1CNCC(CCc2c(F)cccc2NC(=O)[C@@H](NC(=O)OC)[C@@H](c2ccc(Cl)cc2)C2CCOCC2)N1S(C)(=O)=O. The van der Waals surface area contributed by atoms with Crippen molar-refractivity contribution in [3.8, 4) is 0 Å². The molecule has 3 N–H and O–H groups in total. The van der Waals surface area contributed by atoms with Crippen LogP contribution in [0.25, 0.3) is 0 Å². The van der Waals surface area contributed by atoms with Crippen LogP contribution in [0.1, 0.15) is 49.7 Å². The van der Waals surface area contributed by atoms with Crippen LogP contribution in [-0.2, 0) is 30.7 Å². The van der Waals surface area contributed by atoms with Gasteiger partial charge in [0.05, 0.1) is 13.4 Å². The fourth-order valence-electron chi connectivity index (χ4n) is 6.44. The molecule has 2 aromatic rings. The number of ether oxygens (including phenoxy) is 2. The fraction of sp³-hybridized carbons (Fsp3) is 0.548. The quantitative estimate of drug-likeness (QED) is 0.331. The zero-order valence-electron chi connectivity index (χ0n) is 25.4. The van der Waals surface area contributed by atoms with Gasteiger partial charge in [0, 0.05) is 60.6 Å². The molecule has 10 nitrogen and oxygen atoms in total. The molecule has 2 heterocycles. The van der Waals surface area contributed by atoms with E-state index in [0.29, 0.717) is 57.0 Å². The van der Waals surface area contributed by atoms with Gasteiger partial charge in [-0.15, -0.1) is 0 Å². The van der Waals surface area contributed by atoms with E-state index in [4.69, 9.17) is 21.1 Å². The number of carbonyl (C=O) groups is 2. The number of benzene rings is 2.